The maximum Gasteiger partial charge on any atom is 0.227 e. The van der Waals surface area contributed by atoms with E-state index in [1.807, 2.05) is 32.1 Å². The Balaban J connectivity index is 2.82. The average molecular weight is 326 g/mol. The summed E-state index contributed by atoms with van der Waals surface area (Å²) in [5.41, 5.74) is 4.24. The van der Waals surface area contributed by atoms with E-state index in [9.17, 15) is 4.79 Å². The lowest BCUT2D eigenvalue weighted by atomic mass is 10.0. The number of benzene rings is 1. The Kier molecular flexibility index (Phi) is 6.25. The second kappa shape index (κ2) is 7.46. The van der Waals surface area contributed by atoms with Crippen LogP contribution in [0.25, 0.3) is 5.70 Å². The Morgan fingerprint density at radius 1 is 1.47 bits per heavy atom. The summed E-state index contributed by atoms with van der Waals surface area (Å²) in [7, 11) is 1.56. The minimum Gasteiger partial charge on any atom is -0.370 e. The van der Waals surface area contributed by atoms with E-state index in [0.717, 1.165) is 16.8 Å². The summed E-state index contributed by atoms with van der Waals surface area (Å²) >= 11 is 3.27. The summed E-state index contributed by atoms with van der Waals surface area (Å²) in [5.74, 6) is -0.0724. The number of methoxy groups -OCH3 is 1. The summed E-state index contributed by atoms with van der Waals surface area (Å²) in [6.07, 6.45) is 2.18. The van der Waals surface area contributed by atoms with Gasteiger partial charge in [0.05, 0.1) is 6.42 Å². The van der Waals surface area contributed by atoms with Gasteiger partial charge in [0.25, 0.3) is 0 Å². The first-order valence-electron chi connectivity index (χ1n) is 6.18. The molecule has 1 amide bonds. The van der Waals surface area contributed by atoms with Crippen LogP contribution in [0, 0.1) is 13.8 Å². The lowest BCUT2D eigenvalue weighted by Gasteiger charge is -2.14. The second-order valence-electron chi connectivity index (χ2n) is 4.42. The van der Waals surface area contributed by atoms with Gasteiger partial charge in [0, 0.05) is 18.4 Å². The van der Waals surface area contributed by atoms with Crippen molar-refractivity contribution in [3.05, 3.63) is 41.0 Å². The number of halogens is 1. The third-order valence-electron chi connectivity index (χ3n) is 2.84. The molecule has 0 bridgehead atoms. The van der Waals surface area contributed by atoms with E-state index >= 15 is 0 Å². The highest BCUT2D eigenvalue weighted by molar-refractivity contribution is 9.09. The fourth-order valence-corrected chi connectivity index (χ4v) is 2.14. The molecule has 1 aromatic carbocycles. The fourth-order valence-electron chi connectivity index (χ4n) is 1.84. The largest absolute Gasteiger partial charge is 0.370 e. The normalized spacial score (nSPS) is 13.2. The first-order valence-corrected chi connectivity index (χ1v) is 7.10. The summed E-state index contributed by atoms with van der Waals surface area (Å²) in [6.45, 7) is 6.01. The molecule has 0 saturated heterocycles. The van der Waals surface area contributed by atoms with Gasteiger partial charge in [-0.1, -0.05) is 45.8 Å². The number of allylic oxidation sites excluding steroid dienone is 1. The SMILES string of the molecule is CC=C(NC(=O)CC(Br)OC)c1ccc(C)cc1C. The molecule has 0 heterocycles. The maximum absolute atomic E-state index is 11.9. The topological polar surface area (TPSA) is 38.3 Å². The molecule has 0 aliphatic carbocycles. The molecule has 0 aliphatic rings. The molecule has 1 N–H and O–H groups in total. The van der Waals surface area contributed by atoms with Crippen LogP contribution in [0.3, 0.4) is 0 Å². The highest BCUT2D eigenvalue weighted by atomic mass is 79.9. The fraction of sp³-hybridized carbons (Fsp3) is 0.400. The smallest absolute Gasteiger partial charge is 0.227 e. The molecule has 1 atom stereocenters. The number of hydrogen-bond acceptors (Lipinski definition) is 2. The number of amides is 1. The molecule has 1 unspecified atom stereocenters. The molecular weight excluding hydrogens is 306 g/mol. The van der Waals surface area contributed by atoms with Crippen molar-refractivity contribution in [3.63, 3.8) is 0 Å². The Labute approximate surface area is 123 Å². The van der Waals surface area contributed by atoms with E-state index in [1.54, 1.807) is 7.11 Å². The van der Waals surface area contributed by atoms with Crippen LogP contribution in [-0.4, -0.2) is 18.0 Å². The van der Waals surface area contributed by atoms with Crippen LogP contribution in [0.2, 0.25) is 0 Å². The molecule has 19 heavy (non-hydrogen) atoms. The molecule has 104 valence electrons. The number of carbonyl (C=O) groups excluding carboxylic acids is 1. The van der Waals surface area contributed by atoms with Crippen LogP contribution in [0.1, 0.15) is 30.0 Å². The quantitative estimate of drug-likeness (QED) is 0.841. The van der Waals surface area contributed by atoms with Gasteiger partial charge < -0.3 is 10.1 Å². The van der Waals surface area contributed by atoms with Crippen LogP contribution in [-0.2, 0) is 9.53 Å². The van der Waals surface area contributed by atoms with Gasteiger partial charge >= 0.3 is 0 Å². The second-order valence-corrected chi connectivity index (χ2v) is 5.44. The molecule has 0 radical (unpaired) electrons. The molecular formula is C15H20BrNO2. The van der Waals surface area contributed by atoms with Crippen LogP contribution >= 0.6 is 15.9 Å². The number of hydrogen-bond donors (Lipinski definition) is 1. The number of ether oxygens (including phenoxy) is 1. The van der Waals surface area contributed by atoms with Crippen molar-refractivity contribution < 1.29 is 9.53 Å². The summed E-state index contributed by atoms with van der Waals surface area (Å²) in [5, 5.41) is 2.66. The van der Waals surface area contributed by atoms with Gasteiger partial charge in [0.2, 0.25) is 5.91 Å². The van der Waals surface area contributed by atoms with E-state index in [2.05, 4.69) is 34.2 Å². The van der Waals surface area contributed by atoms with Gasteiger partial charge in [-0.05, 0) is 26.3 Å². The molecule has 0 saturated carbocycles. The van der Waals surface area contributed by atoms with Crippen molar-refractivity contribution in [2.45, 2.75) is 32.2 Å². The third-order valence-corrected chi connectivity index (χ3v) is 3.53. The zero-order valence-corrected chi connectivity index (χ0v) is 13.4. The average Bonchev–Trinajstić information content (AvgIpc) is 2.36. The van der Waals surface area contributed by atoms with E-state index < -0.39 is 0 Å². The molecule has 1 aromatic rings. The Morgan fingerprint density at radius 2 is 2.16 bits per heavy atom. The lowest BCUT2D eigenvalue weighted by molar-refractivity contribution is -0.121. The standard InChI is InChI=1S/C15H20BrNO2/c1-5-13(17-15(18)9-14(16)19-4)12-7-6-10(2)8-11(12)3/h5-8,14H,9H2,1-4H3,(H,17,18). The predicted molar refractivity (Wildman–Crippen MR) is 82.1 cm³/mol. The van der Waals surface area contributed by atoms with Gasteiger partial charge in [-0.25, -0.2) is 0 Å². The number of aryl methyl sites for hydroxylation is 2. The van der Waals surface area contributed by atoms with Crippen LogP contribution < -0.4 is 5.32 Å². The van der Waals surface area contributed by atoms with Crippen LogP contribution in [0.5, 0.6) is 0 Å². The van der Waals surface area contributed by atoms with E-state index in [-0.39, 0.29) is 17.3 Å². The van der Waals surface area contributed by atoms with Gasteiger partial charge in [0.1, 0.15) is 5.01 Å². The van der Waals surface area contributed by atoms with Crippen molar-refractivity contribution in [1.82, 2.24) is 5.32 Å². The number of alkyl halides is 1. The molecule has 4 heteroatoms. The summed E-state index contributed by atoms with van der Waals surface area (Å²) in [6, 6.07) is 6.18. The minimum absolute atomic E-state index is 0.0724. The highest BCUT2D eigenvalue weighted by Crippen LogP contribution is 2.18. The summed E-state index contributed by atoms with van der Waals surface area (Å²) < 4.78 is 5.02. The van der Waals surface area contributed by atoms with Crippen molar-refractivity contribution in [1.29, 1.82) is 0 Å². The van der Waals surface area contributed by atoms with Crippen molar-refractivity contribution in [2.75, 3.05) is 7.11 Å². The van der Waals surface area contributed by atoms with Gasteiger partial charge in [-0.15, -0.1) is 0 Å². The maximum atomic E-state index is 11.9. The number of nitrogens with one attached hydrogen (secondary N) is 1. The molecule has 0 aliphatic heterocycles. The predicted octanol–water partition coefficient (Wildman–Crippen LogP) is 3.54. The van der Waals surface area contributed by atoms with Crippen molar-refractivity contribution in [3.8, 4) is 0 Å². The van der Waals surface area contributed by atoms with Gasteiger partial charge in [-0.3, -0.25) is 4.79 Å². The zero-order valence-electron chi connectivity index (χ0n) is 11.8. The number of carbonyl (C=O) groups is 1. The number of rotatable bonds is 5. The van der Waals surface area contributed by atoms with Crippen molar-refractivity contribution >= 4 is 27.5 Å². The molecule has 0 spiro atoms. The zero-order chi connectivity index (χ0) is 14.4. The Morgan fingerprint density at radius 3 is 2.68 bits per heavy atom. The van der Waals surface area contributed by atoms with Crippen molar-refractivity contribution in [2.24, 2.45) is 0 Å². The van der Waals surface area contributed by atoms with E-state index in [4.69, 9.17) is 4.74 Å². The summed E-state index contributed by atoms with van der Waals surface area (Å²) in [4.78, 5) is 11.9. The monoisotopic (exact) mass is 325 g/mol. The minimum atomic E-state index is -0.260. The highest BCUT2D eigenvalue weighted by Gasteiger charge is 2.12. The van der Waals surface area contributed by atoms with Gasteiger partial charge in [0.15, 0.2) is 0 Å². The molecule has 3 nitrogen and oxygen atoms in total. The van der Waals surface area contributed by atoms with Gasteiger partial charge in [-0.2, -0.15) is 0 Å². The Hall–Kier alpha value is -1.13. The third kappa shape index (κ3) is 4.80. The lowest BCUT2D eigenvalue weighted by Crippen LogP contribution is -2.25. The first-order chi connectivity index (χ1) is 8.97. The Bertz CT molecular complexity index is 483. The van der Waals surface area contributed by atoms with E-state index in [0.29, 0.717) is 0 Å². The first kappa shape index (κ1) is 15.9. The van der Waals surface area contributed by atoms with Crippen LogP contribution in [0.15, 0.2) is 24.3 Å². The van der Waals surface area contributed by atoms with Crippen LogP contribution in [0.4, 0.5) is 0 Å². The molecule has 1 rings (SSSR count). The van der Waals surface area contributed by atoms with E-state index in [1.165, 1.54) is 5.56 Å². The molecule has 0 fully saturated rings. The molecule has 0 aromatic heterocycles.